The largest absolute Gasteiger partial charge is 0.357 e. The zero-order valence-corrected chi connectivity index (χ0v) is 21.9. The third-order valence-corrected chi connectivity index (χ3v) is 7.44. The van der Waals surface area contributed by atoms with Crippen molar-refractivity contribution in [1.29, 1.82) is 0 Å². The van der Waals surface area contributed by atoms with Crippen molar-refractivity contribution in [3.63, 3.8) is 0 Å². The number of nitrogens with zero attached hydrogens (tertiary/aromatic N) is 3. The van der Waals surface area contributed by atoms with E-state index in [0.717, 1.165) is 51.5 Å². The van der Waals surface area contributed by atoms with Gasteiger partial charge in [-0.2, -0.15) is 0 Å². The van der Waals surface area contributed by atoms with Crippen molar-refractivity contribution in [1.82, 2.24) is 19.8 Å². The maximum Gasteiger partial charge on any atom is 0.211 e. The Hall–Kier alpha value is -0.910. The summed E-state index contributed by atoms with van der Waals surface area (Å²) in [6.45, 7) is 7.95. The molecule has 2 aliphatic heterocycles. The van der Waals surface area contributed by atoms with Crippen LogP contribution in [0.3, 0.4) is 0 Å². The molecule has 0 aliphatic carbocycles. The van der Waals surface area contributed by atoms with Crippen LogP contribution in [0.4, 0.5) is 0 Å². The van der Waals surface area contributed by atoms with Gasteiger partial charge in [-0.1, -0.05) is 30.3 Å². The molecule has 2 N–H and O–H groups in total. The van der Waals surface area contributed by atoms with E-state index in [4.69, 9.17) is 4.99 Å². The number of rotatable bonds is 8. The van der Waals surface area contributed by atoms with Crippen LogP contribution in [-0.2, 0) is 10.0 Å². The SMILES string of the molecule is CCNC(=NCC(c1ccccc1)N1CCCC1)NCC1CCN(S(C)(=O)=O)CC1.I. The van der Waals surface area contributed by atoms with E-state index in [2.05, 4.69) is 52.8 Å². The van der Waals surface area contributed by atoms with Gasteiger partial charge >= 0.3 is 0 Å². The van der Waals surface area contributed by atoms with Crippen LogP contribution in [0.25, 0.3) is 0 Å². The summed E-state index contributed by atoms with van der Waals surface area (Å²) in [4.78, 5) is 7.46. The van der Waals surface area contributed by atoms with Crippen LogP contribution in [0, 0.1) is 5.92 Å². The Bertz CT molecular complexity index is 776. The standard InChI is InChI=1S/C22H37N5O2S.HI/c1-3-23-22(24-17-19-11-15-27(16-12-19)30(2,28)29)25-18-21(26-13-7-8-14-26)20-9-5-4-6-10-20;/h4-6,9-10,19,21H,3,7-8,11-18H2,1-2H3,(H2,23,24,25);1H. The molecule has 0 radical (unpaired) electrons. The van der Waals surface area contributed by atoms with Crippen molar-refractivity contribution < 1.29 is 8.42 Å². The normalized spacial score (nSPS) is 20.3. The predicted molar refractivity (Wildman–Crippen MR) is 139 cm³/mol. The minimum atomic E-state index is -3.07. The van der Waals surface area contributed by atoms with E-state index in [1.165, 1.54) is 24.7 Å². The van der Waals surface area contributed by atoms with Gasteiger partial charge in [-0.3, -0.25) is 9.89 Å². The van der Waals surface area contributed by atoms with E-state index in [1.54, 1.807) is 4.31 Å². The number of nitrogens with one attached hydrogen (secondary N) is 2. The second-order valence-electron chi connectivity index (χ2n) is 8.38. The van der Waals surface area contributed by atoms with Gasteiger partial charge in [0.2, 0.25) is 10.0 Å². The van der Waals surface area contributed by atoms with Gasteiger partial charge in [0.05, 0.1) is 18.8 Å². The number of likely N-dealkylation sites (tertiary alicyclic amines) is 1. The molecule has 2 fully saturated rings. The van der Waals surface area contributed by atoms with Crippen LogP contribution in [0.15, 0.2) is 35.3 Å². The van der Waals surface area contributed by atoms with E-state index in [1.807, 2.05) is 0 Å². The monoisotopic (exact) mass is 563 g/mol. The second-order valence-corrected chi connectivity index (χ2v) is 10.4. The zero-order chi connectivity index (χ0) is 21.4. The quantitative estimate of drug-likeness (QED) is 0.289. The fraction of sp³-hybridized carbons (Fsp3) is 0.682. The number of guanidine groups is 1. The molecule has 1 atom stereocenters. The van der Waals surface area contributed by atoms with Gasteiger partial charge < -0.3 is 10.6 Å². The number of aliphatic imine (C=N–C) groups is 1. The summed E-state index contributed by atoms with van der Waals surface area (Å²) in [6, 6.07) is 11.0. The Morgan fingerprint density at radius 3 is 2.32 bits per heavy atom. The number of sulfonamides is 1. The van der Waals surface area contributed by atoms with E-state index in [0.29, 0.717) is 25.0 Å². The molecule has 2 saturated heterocycles. The first kappa shape index (κ1) is 26.3. The van der Waals surface area contributed by atoms with E-state index in [9.17, 15) is 8.42 Å². The van der Waals surface area contributed by atoms with Gasteiger partial charge in [0.1, 0.15) is 0 Å². The Morgan fingerprint density at radius 2 is 1.74 bits per heavy atom. The van der Waals surface area contributed by atoms with Gasteiger partial charge in [0.15, 0.2) is 5.96 Å². The predicted octanol–water partition coefficient (Wildman–Crippen LogP) is 2.67. The van der Waals surface area contributed by atoms with Crippen molar-refractivity contribution in [3.05, 3.63) is 35.9 Å². The molecular formula is C22H38IN5O2S. The molecule has 1 aromatic rings. The molecule has 2 heterocycles. The topological polar surface area (TPSA) is 77.0 Å². The average Bonchev–Trinajstić information content (AvgIpc) is 3.27. The third kappa shape index (κ3) is 8.18. The molecule has 176 valence electrons. The van der Waals surface area contributed by atoms with Gasteiger partial charge in [0.25, 0.3) is 0 Å². The molecular weight excluding hydrogens is 525 g/mol. The number of benzene rings is 1. The average molecular weight is 564 g/mol. The Balaban J connectivity index is 0.00000341. The summed E-state index contributed by atoms with van der Waals surface area (Å²) < 4.78 is 25.0. The molecule has 3 rings (SSSR count). The van der Waals surface area contributed by atoms with E-state index >= 15 is 0 Å². The first-order chi connectivity index (χ1) is 14.5. The van der Waals surface area contributed by atoms with Gasteiger partial charge in [0, 0.05) is 26.2 Å². The molecule has 1 unspecified atom stereocenters. The smallest absolute Gasteiger partial charge is 0.211 e. The number of hydrogen-bond donors (Lipinski definition) is 2. The maximum absolute atomic E-state index is 11.7. The lowest BCUT2D eigenvalue weighted by molar-refractivity contribution is 0.251. The van der Waals surface area contributed by atoms with Gasteiger partial charge in [-0.15, -0.1) is 24.0 Å². The molecule has 2 aliphatic rings. The van der Waals surface area contributed by atoms with Crippen LogP contribution < -0.4 is 10.6 Å². The number of hydrogen-bond acceptors (Lipinski definition) is 4. The Morgan fingerprint density at radius 1 is 1.10 bits per heavy atom. The molecule has 0 aromatic heterocycles. The number of piperidine rings is 1. The fourth-order valence-corrected chi connectivity index (χ4v) is 5.24. The molecule has 0 saturated carbocycles. The van der Waals surface area contributed by atoms with Crippen molar-refractivity contribution >= 4 is 40.0 Å². The van der Waals surface area contributed by atoms with Crippen LogP contribution >= 0.6 is 24.0 Å². The van der Waals surface area contributed by atoms with Crippen molar-refractivity contribution in [2.75, 3.05) is 52.1 Å². The molecule has 7 nitrogen and oxygen atoms in total. The maximum atomic E-state index is 11.7. The molecule has 0 spiro atoms. The molecule has 0 amide bonds. The molecule has 31 heavy (non-hydrogen) atoms. The highest BCUT2D eigenvalue weighted by Crippen LogP contribution is 2.25. The Labute approximate surface area is 205 Å². The van der Waals surface area contributed by atoms with Gasteiger partial charge in [-0.05, 0) is 57.2 Å². The van der Waals surface area contributed by atoms with Crippen LogP contribution in [-0.4, -0.2) is 75.7 Å². The lowest BCUT2D eigenvalue weighted by atomic mass is 9.98. The number of halogens is 1. The highest BCUT2D eigenvalue weighted by molar-refractivity contribution is 14.0. The highest BCUT2D eigenvalue weighted by Gasteiger charge is 2.25. The van der Waals surface area contributed by atoms with Gasteiger partial charge in [-0.25, -0.2) is 12.7 Å². The highest BCUT2D eigenvalue weighted by atomic mass is 127. The van der Waals surface area contributed by atoms with Crippen LogP contribution in [0.2, 0.25) is 0 Å². The minimum Gasteiger partial charge on any atom is -0.357 e. The molecule has 9 heteroatoms. The van der Waals surface area contributed by atoms with Crippen molar-refractivity contribution in [3.8, 4) is 0 Å². The van der Waals surface area contributed by atoms with Crippen molar-refractivity contribution in [2.45, 2.75) is 38.6 Å². The molecule has 1 aromatic carbocycles. The third-order valence-electron chi connectivity index (χ3n) is 6.13. The summed E-state index contributed by atoms with van der Waals surface area (Å²) in [5.74, 6) is 1.32. The first-order valence-corrected chi connectivity index (χ1v) is 13.1. The summed E-state index contributed by atoms with van der Waals surface area (Å²) in [5.41, 5.74) is 1.33. The minimum absolute atomic E-state index is 0. The summed E-state index contributed by atoms with van der Waals surface area (Å²) in [6.07, 6.45) is 5.60. The van der Waals surface area contributed by atoms with Crippen molar-refractivity contribution in [2.24, 2.45) is 10.9 Å². The lowest BCUT2D eigenvalue weighted by Gasteiger charge is -2.30. The van der Waals surface area contributed by atoms with E-state index < -0.39 is 10.0 Å². The second kappa shape index (κ2) is 13.0. The summed E-state index contributed by atoms with van der Waals surface area (Å²) >= 11 is 0. The zero-order valence-electron chi connectivity index (χ0n) is 18.8. The first-order valence-electron chi connectivity index (χ1n) is 11.2. The summed E-state index contributed by atoms with van der Waals surface area (Å²) in [7, 11) is -3.07. The fourth-order valence-electron chi connectivity index (χ4n) is 4.37. The lowest BCUT2D eigenvalue weighted by Crippen LogP contribution is -2.44. The van der Waals surface area contributed by atoms with Crippen LogP contribution in [0.5, 0.6) is 0 Å². The Kier molecular flexibility index (Phi) is 11.0. The van der Waals surface area contributed by atoms with Crippen LogP contribution in [0.1, 0.15) is 44.2 Å². The molecule has 0 bridgehead atoms. The van der Waals surface area contributed by atoms with E-state index in [-0.39, 0.29) is 24.0 Å². The summed E-state index contributed by atoms with van der Waals surface area (Å²) in [5, 5.41) is 6.86.